The molecule has 30 heavy (non-hydrogen) atoms. The van der Waals surface area contributed by atoms with Crippen molar-refractivity contribution in [2.24, 2.45) is 0 Å². The van der Waals surface area contributed by atoms with Crippen LogP contribution in [0.4, 0.5) is 5.69 Å². The molecule has 0 atom stereocenters. The van der Waals surface area contributed by atoms with Gasteiger partial charge in [0.25, 0.3) is 0 Å². The van der Waals surface area contributed by atoms with Gasteiger partial charge in [0, 0.05) is 48.3 Å². The maximum Gasteiger partial charge on any atom is 0.336 e. The van der Waals surface area contributed by atoms with E-state index in [-0.39, 0.29) is 5.91 Å². The van der Waals surface area contributed by atoms with Crippen LogP contribution >= 0.6 is 11.8 Å². The summed E-state index contributed by atoms with van der Waals surface area (Å²) in [5.74, 6) is 0.380. The van der Waals surface area contributed by atoms with Gasteiger partial charge in [0.05, 0.1) is 5.69 Å². The molecule has 0 spiro atoms. The standard InChI is InChI=1S/C23H21N3O3S/c1-14-4-5-15(2)20(10-14)26-9-8-24-23(26)30-13-17-11-22(28)29-21-12-18(25-16(3)27)6-7-19(17)21/h4-12H,13H2,1-3H3,(H,25,27). The molecule has 1 N–H and O–H groups in total. The number of benzene rings is 2. The van der Waals surface area contributed by atoms with Gasteiger partial charge >= 0.3 is 5.63 Å². The molecular formula is C23H21N3O3S. The Morgan fingerprint density at radius 3 is 2.80 bits per heavy atom. The highest BCUT2D eigenvalue weighted by atomic mass is 32.2. The molecule has 7 heteroatoms. The van der Waals surface area contributed by atoms with Crippen molar-refractivity contribution in [3.63, 3.8) is 0 Å². The summed E-state index contributed by atoms with van der Waals surface area (Å²) in [6.45, 7) is 5.58. The van der Waals surface area contributed by atoms with Crippen molar-refractivity contribution in [1.82, 2.24) is 9.55 Å². The number of nitrogens with zero attached hydrogens (tertiary/aromatic N) is 2. The zero-order chi connectivity index (χ0) is 21.3. The molecule has 152 valence electrons. The van der Waals surface area contributed by atoms with Crippen LogP contribution in [0.3, 0.4) is 0 Å². The molecule has 0 saturated heterocycles. The summed E-state index contributed by atoms with van der Waals surface area (Å²) in [7, 11) is 0. The summed E-state index contributed by atoms with van der Waals surface area (Å²) in [4.78, 5) is 27.9. The average Bonchev–Trinajstić information content (AvgIpc) is 3.15. The van der Waals surface area contributed by atoms with Crippen LogP contribution in [0.15, 0.2) is 69.2 Å². The fraction of sp³-hybridized carbons (Fsp3) is 0.174. The van der Waals surface area contributed by atoms with E-state index < -0.39 is 5.63 Å². The minimum absolute atomic E-state index is 0.179. The van der Waals surface area contributed by atoms with Crippen LogP contribution in [0.2, 0.25) is 0 Å². The highest BCUT2D eigenvalue weighted by Crippen LogP contribution is 2.29. The molecule has 0 fully saturated rings. The van der Waals surface area contributed by atoms with Crippen molar-refractivity contribution in [2.45, 2.75) is 31.7 Å². The first-order chi connectivity index (χ1) is 14.4. The number of carbonyl (C=O) groups excluding carboxylic acids is 1. The van der Waals surface area contributed by atoms with Crippen LogP contribution in [0.1, 0.15) is 23.6 Å². The van der Waals surface area contributed by atoms with E-state index in [1.807, 2.05) is 12.3 Å². The molecule has 0 saturated carbocycles. The molecule has 2 aromatic heterocycles. The molecule has 0 unspecified atom stereocenters. The quantitative estimate of drug-likeness (QED) is 0.370. The van der Waals surface area contributed by atoms with E-state index in [4.69, 9.17) is 4.42 Å². The summed E-state index contributed by atoms with van der Waals surface area (Å²) in [6, 6.07) is 13.2. The normalized spacial score (nSPS) is 11.0. The van der Waals surface area contributed by atoms with E-state index in [2.05, 4.69) is 46.9 Å². The van der Waals surface area contributed by atoms with Crippen LogP contribution in [-0.2, 0) is 10.5 Å². The van der Waals surface area contributed by atoms with Crippen LogP contribution < -0.4 is 10.9 Å². The number of fused-ring (bicyclic) bond motifs is 1. The number of aryl methyl sites for hydroxylation is 2. The molecule has 4 rings (SSSR count). The van der Waals surface area contributed by atoms with Crippen LogP contribution in [0.5, 0.6) is 0 Å². The molecule has 1 amide bonds. The van der Waals surface area contributed by atoms with E-state index >= 15 is 0 Å². The van der Waals surface area contributed by atoms with E-state index in [1.54, 1.807) is 30.1 Å². The average molecular weight is 420 g/mol. The van der Waals surface area contributed by atoms with Crippen molar-refractivity contribution in [3.05, 3.63) is 82.0 Å². The Bertz CT molecular complexity index is 1310. The SMILES string of the molecule is CC(=O)Nc1ccc2c(CSc3nccn3-c3cc(C)ccc3C)cc(=O)oc2c1. The number of aromatic nitrogens is 2. The number of hydrogen-bond acceptors (Lipinski definition) is 5. The van der Waals surface area contributed by atoms with Gasteiger partial charge in [-0.25, -0.2) is 9.78 Å². The Morgan fingerprint density at radius 2 is 2.00 bits per heavy atom. The Hall–Kier alpha value is -3.32. The van der Waals surface area contributed by atoms with E-state index in [1.165, 1.54) is 18.6 Å². The lowest BCUT2D eigenvalue weighted by Gasteiger charge is -2.12. The van der Waals surface area contributed by atoms with E-state index in [0.717, 1.165) is 27.4 Å². The van der Waals surface area contributed by atoms with Gasteiger partial charge in [0.1, 0.15) is 5.58 Å². The molecular weight excluding hydrogens is 398 g/mol. The molecule has 2 aromatic carbocycles. The Morgan fingerprint density at radius 1 is 1.17 bits per heavy atom. The predicted molar refractivity (Wildman–Crippen MR) is 119 cm³/mol. The molecule has 0 aliphatic heterocycles. The number of imidazole rings is 1. The molecule has 0 aliphatic rings. The number of thioether (sulfide) groups is 1. The zero-order valence-electron chi connectivity index (χ0n) is 16.9. The molecule has 0 bridgehead atoms. The van der Waals surface area contributed by atoms with Gasteiger partial charge in [-0.2, -0.15) is 0 Å². The van der Waals surface area contributed by atoms with Gasteiger partial charge in [-0.15, -0.1) is 0 Å². The summed E-state index contributed by atoms with van der Waals surface area (Å²) < 4.78 is 7.41. The van der Waals surface area contributed by atoms with Crippen molar-refractivity contribution in [3.8, 4) is 5.69 Å². The van der Waals surface area contributed by atoms with Crippen molar-refractivity contribution in [1.29, 1.82) is 0 Å². The molecule has 6 nitrogen and oxygen atoms in total. The third-order valence-electron chi connectivity index (χ3n) is 4.74. The first kappa shape index (κ1) is 20.0. The predicted octanol–water partition coefficient (Wildman–Crippen LogP) is 4.85. The number of amides is 1. The first-order valence-electron chi connectivity index (χ1n) is 9.49. The summed E-state index contributed by atoms with van der Waals surface area (Å²) in [5, 5.41) is 4.39. The van der Waals surface area contributed by atoms with Gasteiger partial charge in [-0.3, -0.25) is 9.36 Å². The van der Waals surface area contributed by atoms with Gasteiger partial charge < -0.3 is 9.73 Å². The second-order valence-electron chi connectivity index (χ2n) is 7.14. The molecule has 4 aromatic rings. The first-order valence-corrected chi connectivity index (χ1v) is 10.5. The van der Waals surface area contributed by atoms with Gasteiger partial charge in [-0.05, 0) is 48.7 Å². The molecule has 0 radical (unpaired) electrons. The Kier molecular flexibility index (Phi) is 5.46. The number of hydrogen-bond donors (Lipinski definition) is 1. The third-order valence-corrected chi connectivity index (χ3v) is 5.75. The van der Waals surface area contributed by atoms with E-state index in [9.17, 15) is 9.59 Å². The van der Waals surface area contributed by atoms with Gasteiger partial charge in [-0.1, -0.05) is 23.9 Å². The lowest BCUT2D eigenvalue weighted by atomic mass is 10.1. The maximum absolute atomic E-state index is 12.1. The van der Waals surface area contributed by atoms with Gasteiger partial charge in [0.2, 0.25) is 5.91 Å². The van der Waals surface area contributed by atoms with Crippen molar-refractivity contribution >= 4 is 34.3 Å². The number of rotatable bonds is 5. The third kappa shape index (κ3) is 4.16. The van der Waals surface area contributed by atoms with Crippen molar-refractivity contribution < 1.29 is 9.21 Å². The minimum atomic E-state index is -0.420. The van der Waals surface area contributed by atoms with E-state index in [0.29, 0.717) is 17.0 Å². The monoisotopic (exact) mass is 419 g/mol. The highest BCUT2D eigenvalue weighted by molar-refractivity contribution is 7.98. The summed E-state index contributed by atoms with van der Waals surface area (Å²) in [6.07, 6.45) is 3.72. The van der Waals surface area contributed by atoms with Crippen LogP contribution in [0, 0.1) is 13.8 Å². The number of carbonyl (C=O) groups is 1. The maximum atomic E-state index is 12.1. The largest absolute Gasteiger partial charge is 0.423 e. The highest BCUT2D eigenvalue weighted by Gasteiger charge is 2.12. The van der Waals surface area contributed by atoms with Crippen molar-refractivity contribution in [2.75, 3.05) is 5.32 Å². The van der Waals surface area contributed by atoms with Crippen LogP contribution in [0.25, 0.3) is 16.7 Å². The van der Waals surface area contributed by atoms with Gasteiger partial charge in [0.15, 0.2) is 5.16 Å². The topological polar surface area (TPSA) is 77.1 Å². The Balaban J connectivity index is 1.65. The molecule has 0 aliphatic carbocycles. The number of nitrogens with one attached hydrogen (secondary N) is 1. The lowest BCUT2D eigenvalue weighted by Crippen LogP contribution is -2.06. The lowest BCUT2D eigenvalue weighted by molar-refractivity contribution is -0.114. The summed E-state index contributed by atoms with van der Waals surface area (Å²) in [5.41, 5.74) is 4.91. The minimum Gasteiger partial charge on any atom is -0.423 e. The Labute approximate surface area is 177 Å². The smallest absolute Gasteiger partial charge is 0.336 e. The second-order valence-corrected chi connectivity index (χ2v) is 8.08. The fourth-order valence-corrected chi connectivity index (χ4v) is 4.29. The molecule has 2 heterocycles. The number of anilines is 1. The zero-order valence-corrected chi connectivity index (χ0v) is 17.7. The second kappa shape index (κ2) is 8.20. The van der Waals surface area contributed by atoms with Crippen LogP contribution in [-0.4, -0.2) is 15.5 Å². The fourth-order valence-electron chi connectivity index (χ4n) is 3.33. The summed E-state index contributed by atoms with van der Waals surface area (Å²) >= 11 is 1.56.